The Morgan fingerprint density at radius 3 is 2.61 bits per heavy atom. The van der Waals surface area contributed by atoms with Gasteiger partial charge in [0.15, 0.2) is 0 Å². The average Bonchev–Trinajstić information content (AvgIpc) is 2.86. The minimum atomic E-state index is -1.48. The topological polar surface area (TPSA) is 73.8 Å². The van der Waals surface area contributed by atoms with E-state index >= 15 is 0 Å². The third kappa shape index (κ3) is 3.30. The van der Waals surface area contributed by atoms with Crippen LogP contribution < -0.4 is 5.73 Å². The quantitative estimate of drug-likeness (QED) is 0.646. The van der Waals surface area contributed by atoms with E-state index in [-0.39, 0.29) is 6.04 Å². The van der Waals surface area contributed by atoms with Crippen LogP contribution >= 0.6 is 0 Å². The zero-order valence-electron chi connectivity index (χ0n) is 13.9. The molecule has 0 unspecified atom stereocenters. The van der Waals surface area contributed by atoms with E-state index in [2.05, 4.69) is 45.6 Å². The number of nitrogens with two attached hydrogens (primary N) is 1. The maximum atomic E-state index is 11.5. The van der Waals surface area contributed by atoms with Gasteiger partial charge in [0.1, 0.15) is 31.6 Å². The predicted octanol–water partition coefficient (Wildman–Crippen LogP) is 2.93. The highest BCUT2D eigenvalue weighted by atomic mass is 28.3. The molecule has 120 valence electrons. The molecule has 1 saturated carbocycles. The van der Waals surface area contributed by atoms with Crippen molar-refractivity contribution >= 4 is 30.7 Å². The van der Waals surface area contributed by atoms with E-state index in [4.69, 9.17) is 5.73 Å². The molecule has 1 aliphatic carbocycles. The molecule has 6 heteroatoms. The second-order valence-corrected chi connectivity index (χ2v) is 11.9. The summed E-state index contributed by atoms with van der Waals surface area (Å²) in [7, 11) is -1.48. The van der Waals surface area contributed by atoms with Gasteiger partial charge in [0.05, 0.1) is 10.9 Å². The number of fused-ring (bicyclic) bond motifs is 1. The number of carbonyl (C=O) groups is 1. The lowest BCUT2D eigenvalue weighted by Crippen LogP contribution is -2.17. The number of hydrogen-bond acceptors (Lipinski definition) is 4. The molecule has 23 heavy (non-hydrogen) atoms. The van der Waals surface area contributed by atoms with Crippen LogP contribution in [0.25, 0.3) is 11.0 Å². The summed E-state index contributed by atoms with van der Waals surface area (Å²) >= 11 is 0. The van der Waals surface area contributed by atoms with Gasteiger partial charge in [-0.3, -0.25) is 4.79 Å². The van der Waals surface area contributed by atoms with E-state index in [0.29, 0.717) is 24.4 Å². The average molecular weight is 326 g/mol. The summed E-state index contributed by atoms with van der Waals surface area (Å²) in [5.41, 5.74) is 11.2. The van der Waals surface area contributed by atoms with Gasteiger partial charge in [0, 0.05) is 25.1 Å². The molecule has 0 aromatic carbocycles. The summed E-state index contributed by atoms with van der Waals surface area (Å²) in [5, 5.41) is 0.843. The standard InChI is InChI=1S/C17H22N4OSi/c1-23(2,3)9-8-12-10-21(13-4-6-14(22)7-5-13)17-15(12)16(18)19-11-20-17/h10-11,13H,4-7H2,1-3H3,(H2,18,19,20). The number of ketones is 1. The fourth-order valence-corrected chi connectivity index (χ4v) is 3.45. The van der Waals surface area contributed by atoms with Crippen LogP contribution in [0.5, 0.6) is 0 Å². The Balaban J connectivity index is 2.10. The molecule has 3 rings (SSSR count). The number of hydrogen-bond donors (Lipinski definition) is 1. The molecule has 0 bridgehead atoms. The highest BCUT2D eigenvalue weighted by Crippen LogP contribution is 2.32. The summed E-state index contributed by atoms with van der Waals surface area (Å²) in [6.07, 6.45) is 6.53. The van der Waals surface area contributed by atoms with Gasteiger partial charge in [0.2, 0.25) is 0 Å². The molecule has 0 radical (unpaired) electrons. The van der Waals surface area contributed by atoms with Crippen molar-refractivity contribution in [3.63, 3.8) is 0 Å². The minimum absolute atomic E-state index is 0.284. The van der Waals surface area contributed by atoms with Crippen molar-refractivity contribution in [3.8, 4) is 11.5 Å². The molecule has 2 aromatic rings. The monoisotopic (exact) mass is 326 g/mol. The van der Waals surface area contributed by atoms with Crippen LogP contribution in [0.1, 0.15) is 37.3 Å². The summed E-state index contributed by atoms with van der Waals surface area (Å²) in [6, 6.07) is 0.284. The number of nitrogen functional groups attached to an aromatic ring is 1. The van der Waals surface area contributed by atoms with E-state index in [1.54, 1.807) is 0 Å². The lowest BCUT2D eigenvalue weighted by atomic mass is 9.94. The van der Waals surface area contributed by atoms with Gasteiger partial charge < -0.3 is 10.3 Å². The van der Waals surface area contributed by atoms with E-state index in [0.717, 1.165) is 29.4 Å². The van der Waals surface area contributed by atoms with Gasteiger partial charge in [-0.25, -0.2) is 9.97 Å². The van der Waals surface area contributed by atoms with Crippen molar-refractivity contribution in [2.75, 3.05) is 5.73 Å². The molecule has 2 aromatic heterocycles. The Bertz CT molecular complexity index is 813. The highest BCUT2D eigenvalue weighted by molar-refractivity contribution is 6.83. The van der Waals surface area contributed by atoms with Crippen molar-refractivity contribution in [2.24, 2.45) is 0 Å². The number of carbonyl (C=O) groups excluding carboxylic acids is 1. The van der Waals surface area contributed by atoms with Gasteiger partial charge >= 0.3 is 0 Å². The van der Waals surface area contributed by atoms with E-state index in [9.17, 15) is 4.79 Å². The van der Waals surface area contributed by atoms with Gasteiger partial charge in [-0.1, -0.05) is 25.6 Å². The Morgan fingerprint density at radius 2 is 1.96 bits per heavy atom. The second-order valence-electron chi connectivity index (χ2n) is 7.18. The predicted molar refractivity (Wildman–Crippen MR) is 94.7 cm³/mol. The van der Waals surface area contributed by atoms with Crippen LogP contribution in [-0.2, 0) is 4.79 Å². The molecule has 0 spiro atoms. The SMILES string of the molecule is C[Si](C)(C)C#Cc1cn(C2CCC(=O)CC2)c2ncnc(N)c12. The zero-order valence-corrected chi connectivity index (χ0v) is 14.9. The van der Waals surface area contributed by atoms with E-state index in [1.165, 1.54) is 6.33 Å². The van der Waals surface area contributed by atoms with Crippen molar-refractivity contribution in [1.29, 1.82) is 0 Å². The lowest BCUT2D eigenvalue weighted by molar-refractivity contribution is -0.120. The summed E-state index contributed by atoms with van der Waals surface area (Å²) in [4.78, 5) is 20.1. The summed E-state index contributed by atoms with van der Waals surface area (Å²) < 4.78 is 2.15. The Kier molecular flexibility index (Phi) is 3.98. The van der Waals surface area contributed by atoms with Crippen LogP contribution in [0, 0.1) is 11.5 Å². The van der Waals surface area contributed by atoms with Gasteiger partial charge in [0.25, 0.3) is 0 Å². The third-order valence-corrected chi connectivity index (χ3v) is 4.99. The maximum Gasteiger partial charge on any atom is 0.147 e. The molecular formula is C17H22N4OSi. The van der Waals surface area contributed by atoms with E-state index in [1.807, 2.05) is 6.20 Å². The molecule has 5 nitrogen and oxygen atoms in total. The molecule has 1 fully saturated rings. The van der Waals surface area contributed by atoms with Crippen molar-refractivity contribution in [2.45, 2.75) is 51.4 Å². The second kappa shape index (κ2) is 5.82. The zero-order chi connectivity index (χ0) is 16.6. The van der Waals surface area contributed by atoms with Crippen LogP contribution in [0.4, 0.5) is 5.82 Å². The fraction of sp³-hybridized carbons (Fsp3) is 0.471. The van der Waals surface area contributed by atoms with Crippen molar-refractivity contribution in [1.82, 2.24) is 14.5 Å². The highest BCUT2D eigenvalue weighted by Gasteiger charge is 2.23. The molecule has 1 aliphatic rings. The normalized spacial score (nSPS) is 16.4. The van der Waals surface area contributed by atoms with Gasteiger partial charge in [-0.15, -0.1) is 5.54 Å². The minimum Gasteiger partial charge on any atom is -0.383 e. The first-order valence-electron chi connectivity index (χ1n) is 8.01. The molecule has 0 amide bonds. The number of anilines is 1. The van der Waals surface area contributed by atoms with Crippen LogP contribution in [-0.4, -0.2) is 28.4 Å². The van der Waals surface area contributed by atoms with E-state index < -0.39 is 8.07 Å². The van der Waals surface area contributed by atoms with Gasteiger partial charge in [-0.05, 0) is 12.8 Å². The molecule has 2 N–H and O–H groups in total. The fourth-order valence-electron chi connectivity index (χ4n) is 2.94. The van der Waals surface area contributed by atoms with Gasteiger partial charge in [-0.2, -0.15) is 0 Å². The van der Waals surface area contributed by atoms with Crippen molar-refractivity contribution < 1.29 is 4.79 Å². The smallest absolute Gasteiger partial charge is 0.147 e. The van der Waals surface area contributed by atoms with Crippen LogP contribution in [0.2, 0.25) is 19.6 Å². The first kappa shape index (κ1) is 15.8. The summed E-state index contributed by atoms with van der Waals surface area (Å²) in [6.45, 7) is 6.64. The Hall–Kier alpha value is -2.13. The molecule has 0 aliphatic heterocycles. The Morgan fingerprint density at radius 1 is 1.26 bits per heavy atom. The first-order valence-corrected chi connectivity index (χ1v) is 11.5. The number of nitrogens with zero attached hydrogens (tertiary/aromatic N) is 3. The third-order valence-electron chi connectivity index (χ3n) is 4.12. The van der Waals surface area contributed by atoms with Crippen LogP contribution in [0.15, 0.2) is 12.5 Å². The molecule has 2 heterocycles. The molecular weight excluding hydrogens is 304 g/mol. The van der Waals surface area contributed by atoms with Crippen LogP contribution in [0.3, 0.4) is 0 Å². The lowest BCUT2D eigenvalue weighted by Gasteiger charge is -2.23. The first-order chi connectivity index (χ1) is 10.8. The largest absolute Gasteiger partial charge is 0.383 e. The molecule has 0 atom stereocenters. The Labute approximate surface area is 137 Å². The summed E-state index contributed by atoms with van der Waals surface area (Å²) in [5.74, 6) is 4.13. The number of Topliss-reactive ketones (excluding diaryl/α,β-unsaturated/α-hetero) is 1. The molecule has 0 saturated heterocycles. The maximum absolute atomic E-state index is 11.5. The van der Waals surface area contributed by atoms with Crippen molar-refractivity contribution in [3.05, 3.63) is 18.1 Å². The number of rotatable bonds is 1. The number of aromatic nitrogens is 3.